The number of nitrogens with zero attached hydrogens (tertiary/aromatic N) is 1. The monoisotopic (exact) mass is 246 g/mol. The summed E-state index contributed by atoms with van der Waals surface area (Å²) in [5, 5.41) is 7.99. The average Bonchev–Trinajstić information content (AvgIpc) is 2.71. The number of aromatic amines is 1. The minimum Gasteiger partial charge on any atom is -0.266 e. The minimum absolute atomic E-state index is 0.244. The van der Waals surface area contributed by atoms with Gasteiger partial charge in [-0.05, 0) is 23.8 Å². The van der Waals surface area contributed by atoms with Gasteiger partial charge in [0, 0.05) is 10.9 Å². The second kappa shape index (κ2) is 3.86. The number of rotatable bonds is 1. The molecule has 1 aromatic heterocycles. The van der Waals surface area contributed by atoms with Crippen LogP contribution in [0.3, 0.4) is 0 Å². The fourth-order valence-corrected chi connectivity index (χ4v) is 2.04. The number of hydrogen-bond donors (Lipinski definition) is 1. The third-order valence-corrected chi connectivity index (χ3v) is 2.98. The van der Waals surface area contributed by atoms with Crippen molar-refractivity contribution >= 4 is 22.5 Å². The van der Waals surface area contributed by atoms with E-state index in [1.54, 1.807) is 18.2 Å². The second-order valence-electron chi connectivity index (χ2n) is 3.75. The highest BCUT2D eigenvalue weighted by molar-refractivity contribution is 6.34. The standard InChI is InChI=1S/C13H8ClFN2/c14-13-10-7-8(5-6-12(10)16-17-13)9-3-1-2-4-11(9)15/h1-7H,(H,16,17). The van der Waals surface area contributed by atoms with Gasteiger partial charge in [0.05, 0.1) is 5.52 Å². The van der Waals surface area contributed by atoms with Gasteiger partial charge in [-0.3, -0.25) is 5.10 Å². The Morgan fingerprint density at radius 2 is 1.94 bits per heavy atom. The molecule has 4 heteroatoms. The zero-order valence-corrected chi connectivity index (χ0v) is 9.50. The highest BCUT2D eigenvalue weighted by atomic mass is 35.5. The summed E-state index contributed by atoms with van der Waals surface area (Å²) in [5.41, 5.74) is 2.13. The van der Waals surface area contributed by atoms with E-state index in [-0.39, 0.29) is 5.82 Å². The average molecular weight is 247 g/mol. The van der Waals surface area contributed by atoms with Crippen molar-refractivity contribution in [2.24, 2.45) is 0 Å². The highest BCUT2D eigenvalue weighted by Crippen LogP contribution is 2.28. The molecule has 0 saturated heterocycles. The molecule has 0 bridgehead atoms. The predicted octanol–water partition coefficient (Wildman–Crippen LogP) is 4.02. The maximum atomic E-state index is 13.6. The SMILES string of the molecule is Fc1ccccc1-c1ccc2n[nH]c(Cl)c2c1. The molecule has 0 atom stereocenters. The highest BCUT2D eigenvalue weighted by Gasteiger charge is 2.07. The molecular weight excluding hydrogens is 239 g/mol. The van der Waals surface area contributed by atoms with Crippen molar-refractivity contribution in [1.29, 1.82) is 0 Å². The fraction of sp³-hybridized carbons (Fsp3) is 0. The Balaban J connectivity index is 2.24. The lowest BCUT2D eigenvalue weighted by molar-refractivity contribution is 0.631. The molecule has 84 valence electrons. The molecule has 0 aliphatic carbocycles. The van der Waals surface area contributed by atoms with Crippen LogP contribution in [0.25, 0.3) is 22.0 Å². The molecule has 0 aliphatic rings. The van der Waals surface area contributed by atoms with Gasteiger partial charge < -0.3 is 0 Å². The molecule has 1 heterocycles. The van der Waals surface area contributed by atoms with Crippen LogP contribution in [-0.2, 0) is 0 Å². The van der Waals surface area contributed by atoms with E-state index in [4.69, 9.17) is 11.6 Å². The Hall–Kier alpha value is -1.87. The molecule has 0 radical (unpaired) electrons. The molecule has 0 unspecified atom stereocenters. The summed E-state index contributed by atoms with van der Waals surface area (Å²) in [7, 11) is 0. The van der Waals surface area contributed by atoms with Crippen molar-refractivity contribution in [3.8, 4) is 11.1 Å². The van der Waals surface area contributed by atoms with Crippen molar-refractivity contribution in [1.82, 2.24) is 10.2 Å². The summed E-state index contributed by atoms with van der Waals surface area (Å²) in [5.74, 6) is -0.244. The smallest absolute Gasteiger partial charge is 0.132 e. The van der Waals surface area contributed by atoms with Crippen LogP contribution in [0.1, 0.15) is 0 Å². The van der Waals surface area contributed by atoms with Gasteiger partial charge in [-0.25, -0.2) is 4.39 Å². The summed E-state index contributed by atoms with van der Waals surface area (Å²) in [6, 6.07) is 12.1. The van der Waals surface area contributed by atoms with Crippen molar-refractivity contribution in [2.75, 3.05) is 0 Å². The molecule has 0 aliphatic heterocycles. The van der Waals surface area contributed by atoms with Crippen LogP contribution >= 0.6 is 11.6 Å². The third-order valence-electron chi connectivity index (χ3n) is 2.69. The molecule has 0 fully saturated rings. The zero-order valence-electron chi connectivity index (χ0n) is 8.74. The molecule has 0 spiro atoms. The van der Waals surface area contributed by atoms with Gasteiger partial charge in [-0.1, -0.05) is 35.9 Å². The molecule has 3 rings (SSSR count). The second-order valence-corrected chi connectivity index (χ2v) is 4.13. The molecule has 0 saturated carbocycles. The van der Waals surface area contributed by atoms with Crippen LogP contribution in [0.4, 0.5) is 4.39 Å². The number of fused-ring (bicyclic) bond motifs is 1. The number of halogens is 2. The first-order valence-corrected chi connectivity index (χ1v) is 5.52. The normalized spacial score (nSPS) is 10.9. The topological polar surface area (TPSA) is 28.7 Å². The van der Waals surface area contributed by atoms with Gasteiger partial charge in [-0.2, -0.15) is 5.10 Å². The number of benzene rings is 2. The number of H-pyrrole nitrogens is 1. The molecule has 3 aromatic rings. The number of hydrogen-bond acceptors (Lipinski definition) is 1. The number of aromatic nitrogens is 2. The molecular formula is C13H8ClFN2. The lowest BCUT2D eigenvalue weighted by Crippen LogP contribution is -1.83. The van der Waals surface area contributed by atoms with Crippen molar-refractivity contribution in [3.05, 3.63) is 53.4 Å². The summed E-state index contributed by atoms with van der Waals surface area (Å²) >= 11 is 5.96. The van der Waals surface area contributed by atoms with E-state index in [1.165, 1.54) is 6.07 Å². The van der Waals surface area contributed by atoms with Gasteiger partial charge in [0.2, 0.25) is 0 Å². The molecule has 1 N–H and O–H groups in total. The molecule has 0 amide bonds. The van der Waals surface area contributed by atoms with Gasteiger partial charge in [0.25, 0.3) is 0 Å². The molecule has 2 nitrogen and oxygen atoms in total. The maximum absolute atomic E-state index is 13.6. The predicted molar refractivity (Wildman–Crippen MR) is 66.5 cm³/mol. The van der Waals surface area contributed by atoms with E-state index < -0.39 is 0 Å². The molecule has 17 heavy (non-hydrogen) atoms. The van der Waals surface area contributed by atoms with Crippen LogP contribution < -0.4 is 0 Å². The maximum Gasteiger partial charge on any atom is 0.132 e. The molecule has 2 aromatic carbocycles. The Morgan fingerprint density at radius 3 is 2.76 bits per heavy atom. The van der Waals surface area contributed by atoms with E-state index in [0.29, 0.717) is 10.7 Å². The summed E-state index contributed by atoms with van der Waals surface area (Å²) in [6.45, 7) is 0. The van der Waals surface area contributed by atoms with Crippen LogP contribution in [0, 0.1) is 5.82 Å². The first kappa shape index (κ1) is 10.3. The van der Waals surface area contributed by atoms with Gasteiger partial charge >= 0.3 is 0 Å². The van der Waals surface area contributed by atoms with Gasteiger partial charge in [0.15, 0.2) is 0 Å². The van der Waals surface area contributed by atoms with Crippen molar-refractivity contribution in [3.63, 3.8) is 0 Å². The zero-order chi connectivity index (χ0) is 11.8. The first-order chi connectivity index (χ1) is 8.25. The Bertz CT molecular complexity index is 691. The van der Waals surface area contributed by atoms with Crippen LogP contribution in [-0.4, -0.2) is 10.2 Å². The van der Waals surface area contributed by atoms with E-state index in [0.717, 1.165) is 16.5 Å². The van der Waals surface area contributed by atoms with E-state index >= 15 is 0 Å². The van der Waals surface area contributed by atoms with Crippen LogP contribution in [0.5, 0.6) is 0 Å². The summed E-state index contributed by atoms with van der Waals surface area (Å²) < 4.78 is 13.6. The Labute approximate surface area is 102 Å². The lowest BCUT2D eigenvalue weighted by atomic mass is 10.0. The van der Waals surface area contributed by atoms with Crippen molar-refractivity contribution < 1.29 is 4.39 Å². The summed E-state index contributed by atoms with van der Waals surface area (Å²) in [6.07, 6.45) is 0. The first-order valence-electron chi connectivity index (χ1n) is 5.14. The summed E-state index contributed by atoms with van der Waals surface area (Å²) in [4.78, 5) is 0. The van der Waals surface area contributed by atoms with E-state index in [2.05, 4.69) is 10.2 Å². The quantitative estimate of drug-likeness (QED) is 0.690. The van der Waals surface area contributed by atoms with Crippen LogP contribution in [0.15, 0.2) is 42.5 Å². The van der Waals surface area contributed by atoms with Gasteiger partial charge in [0.1, 0.15) is 11.0 Å². The lowest BCUT2D eigenvalue weighted by Gasteiger charge is -2.02. The van der Waals surface area contributed by atoms with E-state index in [1.807, 2.05) is 18.2 Å². The van der Waals surface area contributed by atoms with Crippen LogP contribution in [0.2, 0.25) is 5.15 Å². The Kier molecular flexibility index (Phi) is 2.34. The van der Waals surface area contributed by atoms with Crippen molar-refractivity contribution in [2.45, 2.75) is 0 Å². The third kappa shape index (κ3) is 1.68. The van der Waals surface area contributed by atoms with Gasteiger partial charge in [-0.15, -0.1) is 0 Å². The number of nitrogens with one attached hydrogen (secondary N) is 1. The largest absolute Gasteiger partial charge is 0.266 e. The fourth-order valence-electron chi connectivity index (χ4n) is 1.84. The minimum atomic E-state index is -0.244. The van der Waals surface area contributed by atoms with E-state index in [9.17, 15) is 4.39 Å². The Morgan fingerprint density at radius 1 is 1.12 bits per heavy atom.